The SMILES string of the molecule is Cc1cc(NC(=O)CN(C)CCCN)ccc1Br. The minimum absolute atomic E-state index is 0.00348. The molecule has 4 nitrogen and oxygen atoms in total. The van der Waals surface area contributed by atoms with E-state index >= 15 is 0 Å². The van der Waals surface area contributed by atoms with Crippen molar-refractivity contribution in [3.63, 3.8) is 0 Å². The largest absolute Gasteiger partial charge is 0.330 e. The van der Waals surface area contributed by atoms with Crippen molar-refractivity contribution in [3.05, 3.63) is 28.2 Å². The van der Waals surface area contributed by atoms with Gasteiger partial charge in [-0.1, -0.05) is 15.9 Å². The van der Waals surface area contributed by atoms with Gasteiger partial charge in [0.2, 0.25) is 5.91 Å². The van der Waals surface area contributed by atoms with Crippen LogP contribution in [0.3, 0.4) is 0 Å². The van der Waals surface area contributed by atoms with Gasteiger partial charge in [-0.2, -0.15) is 0 Å². The van der Waals surface area contributed by atoms with E-state index in [2.05, 4.69) is 21.2 Å². The Balaban J connectivity index is 2.46. The highest BCUT2D eigenvalue weighted by atomic mass is 79.9. The van der Waals surface area contributed by atoms with E-state index in [9.17, 15) is 4.79 Å². The topological polar surface area (TPSA) is 58.4 Å². The lowest BCUT2D eigenvalue weighted by Crippen LogP contribution is -2.31. The normalized spacial score (nSPS) is 10.7. The molecule has 0 aliphatic carbocycles. The van der Waals surface area contributed by atoms with E-state index in [1.807, 2.05) is 37.1 Å². The number of likely N-dealkylation sites (N-methyl/N-ethyl adjacent to an activating group) is 1. The first-order valence-electron chi connectivity index (χ1n) is 5.97. The number of benzene rings is 1. The number of nitrogens with zero attached hydrogens (tertiary/aromatic N) is 1. The van der Waals surface area contributed by atoms with Crippen molar-refractivity contribution in [1.82, 2.24) is 4.90 Å². The van der Waals surface area contributed by atoms with Crippen LogP contribution in [0.15, 0.2) is 22.7 Å². The summed E-state index contributed by atoms with van der Waals surface area (Å²) in [5.74, 6) is -0.00348. The van der Waals surface area contributed by atoms with Crippen LogP contribution in [0.5, 0.6) is 0 Å². The maximum Gasteiger partial charge on any atom is 0.238 e. The summed E-state index contributed by atoms with van der Waals surface area (Å²) in [4.78, 5) is 13.8. The van der Waals surface area contributed by atoms with E-state index in [4.69, 9.17) is 5.73 Å². The quantitative estimate of drug-likeness (QED) is 0.844. The van der Waals surface area contributed by atoms with Gasteiger partial charge >= 0.3 is 0 Å². The summed E-state index contributed by atoms with van der Waals surface area (Å²) >= 11 is 3.43. The Labute approximate surface area is 117 Å². The number of nitrogens with one attached hydrogen (secondary N) is 1. The second kappa shape index (κ2) is 7.51. The minimum atomic E-state index is -0.00348. The molecule has 1 aromatic rings. The van der Waals surface area contributed by atoms with Crippen LogP contribution >= 0.6 is 15.9 Å². The number of anilines is 1. The zero-order chi connectivity index (χ0) is 13.5. The first-order chi connectivity index (χ1) is 8.52. The van der Waals surface area contributed by atoms with Gasteiger partial charge in [-0.3, -0.25) is 9.69 Å². The van der Waals surface area contributed by atoms with E-state index in [0.717, 1.165) is 28.7 Å². The summed E-state index contributed by atoms with van der Waals surface area (Å²) in [5.41, 5.74) is 7.36. The van der Waals surface area contributed by atoms with Crippen molar-refractivity contribution in [2.24, 2.45) is 5.73 Å². The molecule has 0 bridgehead atoms. The van der Waals surface area contributed by atoms with Gasteiger partial charge in [-0.05, 0) is 57.2 Å². The maximum absolute atomic E-state index is 11.8. The summed E-state index contributed by atoms with van der Waals surface area (Å²) in [5, 5.41) is 2.88. The smallest absolute Gasteiger partial charge is 0.238 e. The molecule has 100 valence electrons. The lowest BCUT2D eigenvalue weighted by molar-refractivity contribution is -0.117. The van der Waals surface area contributed by atoms with E-state index in [0.29, 0.717) is 13.1 Å². The Morgan fingerprint density at radius 2 is 2.22 bits per heavy atom. The molecule has 0 aromatic heterocycles. The Bertz CT molecular complexity index is 409. The van der Waals surface area contributed by atoms with E-state index in [1.54, 1.807) is 0 Å². The van der Waals surface area contributed by atoms with Crippen LogP contribution in [0.1, 0.15) is 12.0 Å². The average molecular weight is 314 g/mol. The predicted octanol–water partition coefficient (Wildman–Crippen LogP) is 1.98. The van der Waals surface area contributed by atoms with Crippen LogP contribution in [0.25, 0.3) is 0 Å². The third kappa shape index (κ3) is 5.16. The molecule has 0 aliphatic heterocycles. The highest BCUT2D eigenvalue weighted by Gasteiger charge is 2.07. The van der Waals surface area contributed by atoms with Crippen molar-refractivity contribution in [2.45, 2.75) is 13.3 Å². The summed E-state index contributed by atoms with van der Waals surface area (Å²) in [7, 11) is 1.92. The minimum Gasteiger partial charge on any atom is -0.330 e. The molecule has 0 saturated heterocycles. The standard InChI is InChI=1S/C13H20BrN3O/c1-10-8-11(4-5-12(10)14)16-13(18)9-17(2)7-3-6-15/h4-5,8H,3,6-7,9,15H2,1-2H3,(H,16,18). The van der Waals surface area contributed by atoms with Gasteiger partial charge in [0, 0.05) is 10.2 Å². The zero-order valence-corrected chi connectivity index (χ0v) is 12.5. The van der Waals surface area contributed by atoms with Crippen molar-refractivity contribution in [2.75, 3.05) is 32.0 Å². The number of nitrogens with two attached hydrogens (primary N) is 1. The van der Waals surface area contributed by atoms with Crippen LogP contribution in [0.4, 0.5) is 5.69 Å². The molecule has 1 amide bonds. The number of aryl methyl sites for hydroxylation is 1. The number of amides is 1. The molecule has 5 heteroatoms. The Hall–Kier alpha value is -0.910. The van der Waals surface area contributed by atoms with Crippen LogP contribution in [-0.2, 0) is 4.79 Å². The molecule has 0 fully saturated rings. The van der Waals surface area contributed by atoms with Gasteiger partial charge in [0.05, 0.1) is 6.54 Å². The molecule has 0 radical (unpaired) electrons. The van der Waals surface area contributed by atoms with Gasteiger partial charge < -0.3 is 11.1 Å². The van der Waals surface area contributed by atoms with Gasteiger partial charge in [-0.15, -0.1) is 0 Å². The number of carbonyl (C=O) groups excluding carboxylic acids is 1. The van der Waals surface area contributed by atoms with Gasteiger partial charge in [-0.25, -0.2) is 0 Å². The molecule has 1 aromatic carbocycles. The predicted molar refractivity (Wildman–Crippen MR) is 78.7 cm³/mol. The van der Waals surface area contributed by atoms with Gasteiger partial charge in [0.25, 0.3) is 0 Å². The molecule has 3 N–H and O–H groups in total. The Morgan fingerprint density at radius 1 is 1.50 bits per heavy atom. The third-order valence-corrected chi connectivity index (χ3v) is 3.49. The fraction of sp³-hybridized carbons (Fsp3) is 0.462. The molecular weight excluding hydrogens is 294 g/mol. The van der Waals surface area contributed by atoms with Crippen LogP contribution in [0, 0.1) is 6.92 Å². The van der Waals surface area contributed by atoms with Crippen LogP contribution in [0.2, 0.25) is 0 Å². The van der Waals surface area contributed by atoms with Crippen molar-refractivity contribution >= 4 is 27.5 Å². The van der Waals surface area contributed by atoms with Crippen LogP contribution < -0.4 is 11.1 Å². The van der Waals surface area contributed by atoms with Gasteiger partial charge in [0.1, 0.15) is 0 Å². The number of rotatable bonds is 6. The summed E-state index contributed by atoms with van der Waals surface area (Å²) in [6.07, 6.45) is 0.904. The Morgan fingerprint density at radius 3 is 2.83 bits per heavy atom. The van der Waals surface area contributed by atoms with Crippen LogP contribution in [-0.4, -0.2) is 37.5 Å². The summed E-state index contributed by atoms with van der Waals surface area (Å²) in [6.45, 7) is 3.86. The molecule has 0 heterocycles. The highest BCUT2D eigenvalue weighted by Crippen LogP contribution is 2.19. The molecule has 0 aliphatic rings. The lowest BCUT2D eigenvalue weighted by atomic mass is 10.2. The van der Waals surface area contributed by atoms with Crippen molar-refractivity contribution < 1.29 is 4.79 Å². The van der Waals surface area contributed by atoms with E-state index in [-0.39, 0.29) is 5.91 Å². The molecule has 0 unspecified atom stereocenters. The van der Waals surface area contributed by atoms with E-state index in [1.165, 1.54) is 0 Å². The number of halogens is 1. The monoisotopic (exact) mass is 313 g/mol. The zero-order valence-electron chi connectivity index (χ0n) is 10.9. The fourth-order valence-corrected chi connectivity index (χ4v) is 1.86. The third-order valence-electron chi connectivity index (χ3n) is 2.60. The highest BCUT2D eigenvalue weighted by molar-refractivity contribution is 9.10. The number of carbonyl (C=O) groups is 1. The second-order valence-electron chi connectivity index (χ2n) is 4.39. The molecule has 0 atom stereocenters. The first-order valence-corrected chi connectivity index (χ1v) is 6.77. The Kier molecular flexibility index (Phi) is 6.32. The first kappa shape index (κ1) is 15.1. The maximum atomic E-state index is 11.8. The van der Waals surface area contributed by atoms with E-state index < -0.39 is 0 Å². The summed E-state index contributed by atoms with van der Waals surface area (Å²) in [6, 6.07) is 5.76. The summed E-state index contributed by atoms with van der Waals surface area (Å²) < 4.78 is 1.04. The number of hydrogen-bond donors (Lipinski definition) is 2. The molecule has 1 rings (SSSR count). The molecule has 18 heavy (non-hydrogen) atoms. The molecule has 0 spiro atoms. The van der Waals surface area contributed by atoms with Crippen molar-refractivity contribution in [3.8, 4) is 0 Å². The second-order valence-corrected chi connectivity index (χ2v) is 5.25. The molecule has 0 saturated carbocycles. The van der Waals surface area contributed by atoms with Gasteiger partial charge in [0.15, 0.2) is 0 Å². The molecular formula is C13H20BrN3O. The lowest BCUT2D eigenvalue weighted by Gasteiger charge is -2.15. The van der Waals surface area contributed by atoms with Crippen molar-refractivity contribution in [1.29, 1.82) is 0 Å². The number of hydrogen-bond acceptors (Lipinski definition) is 3. The fourth-order valence-electron chi connectivity index (χ4n) is 1.61. The average Bonchev–Trinajstić information content (AvgIpc) is 2.31.